The van der Waals surface area contributed by atoms with Crippen molar-refractivity contribution in [2.75, 3.05) is 0 Å². The van der Waals surface area contributed by atoms with E-state index in [2.05, 4.69) is 5.40 Å². The van der Waals surface area contributed by atoms with Gasteiger partial charge in [-0.2, -0.15) is 0 Å². The van der Waals surface area contributed by atoms with Gasteiger partial charge in [-0.15, -0.1) is 0 Å². The maximum Gasteiger partial charge on any atom is 0.187 e. The average Bonchev–Trinajstić information content (AvgIpc) is 1.35. The minimum Gasteiger partial charge on any atom is -0.305 e. The van der Waals surface area contributed by atoms with Gasteiger partial charge in [-0.25, -0.2) is 0 Å². The summed E-state index contributed by atoms with van der Waals surface area (Å²) in [4.78, 5) is 9.77. The Balaban J connectivity index is 3.30. The molecule has 0 atom stereocenters. The Morgan fingerprint density at radius 3 is 3.00 bits per heavy atom. The lowest BCUT2D eigenvalue weighted by Crippen LogP contribution is -1.84. The summed E-state index contributed by atoms with van der Waals surface area (Å²) < 4.78 is 6.08. The summed E-state index contributed by atoms with van der Waals surface area (Å²) in [7, 11) is 0. The van der Waals surface area contributed by atoms with E-state index in [4.69, 9.17) is 1.41 Å². The molecule has 0 spiro atoms. The first-order chi connectivity index (χ1) is 2.77. The van der Waals surface area contributed by atoms with Crippen LogP contribution >= 0.6 is 0 Å². The molecule has 1 N–H and O–H groups in total. The number of Topliss-reactive ketones (excluding diaryl/α,β-unsaturated/α-hetero) is 1. The van der Waals surface area contributed by atoms with Crippen LogP contribution in [0, 0.1) is 5.40 Å². The molecule has 0 aliphatic heterocycles. The number of carbonyl (C=O) groups excluding carboxylic acids is 1. The zero-order valence-corrected chi connectivity index (χ0v) is 2.93. The van der Waals surface area contributed by atoms with Crippen LogP contribution in [0.2, 0.25) is 1.41 Å². The molecule has 0 aromatic heterocycles. The van der Waals surface area contributed by atoms with Gasteiger partial charge in [0.1, 0.15) is 0 Å². The lowest BCUT2D eigenvalue weighted by molar-refractivity contribution is -0.110. The molecule has 2 nitrogen and oxygen atoms in total. The van der Waals surface area contributed by atoms with Crippen molar-refractivity contribution in [2.24, 2.45) is 0 Å². The van der Waals surface area contributed by atoms with Gasteiger partial charge in [-0.05, 0) is 0 Å². The van der Waals surface area contributed by atoms with Crippen LogP contribution < -0.4 is 0 Å². The number of rotatable bonds is 1. The van der Waals surface area contributed by atoms with E-state index >= 15 is 0 Å². The van der Waals surface area contributed by atoms with Crippen molar-refractivity contribution < 1.29 is 6.21 Å². The molecule has 0 fully saturated rings. The predicted molar refractivity (Wildman–Crippen MR) is 19.5 cm³/mol. The minimum atomic E-state index is -0.190. The molecule has 0 unspecified atom stereocenters. The molecule has 0 saturated carbocycles. The molecule has 0 radical (unpaired) electrons. The maximum atomic E-state index is 9.77. The number of nitrogens with one attached hydrogen (secondary N) is 1. The van der Waals surface area contributed by atoms with Crippen LogP contribution in [-0.2, 0) is 4.79 Å². The second-order valence-corrected chi connectivity index (χ2v) is 0.740. The first kappa shape index (κ1) is 2.57. The Bertz CT molecular complexity index is 78.9. The number of hydrogen-bond acceptors (Lipinski definition) is 2. The molecule has 0 saturated heterocycles. The third-order valence-electron chi connectivity index (χ3n) is 0.182. The van der Waals surface area contributed by atoms with Crippen LogP contribution in [0.5, 0.6) is 0 Å². The summed E-state index contributed by atoms with van der Waals surface area (Å²) in [5.74, 6) is -0.190. The van der Waals surface area contributed by atoms with E-state index in [-0.39, 0.29) is 5.78 Å². The zero-order valence-electron chi connectivity index (χ0n) is 3.93. The van der Waals surface area contributed by atoms with E-state index in [1.165, 1.54) is 6.92 Å². The normalized spacial score (nSPS) is 11.8. The highest BCUT2D eigenvalue weighted by Gasteiger charge is 1.72. The van der Waals surface area contributed by atoms with E-state index in [0.29, 0.717) is 0 Å². The molecule has 0 bridgehead atoms. The van der Waals surface area contributed by atoms with Gasteiger partial charge < -0.3 is 5.40 Å². The fourth-order valence-electron chi connectivity index (χ4n) is 0. The lowest BCUT2D eigenvalue weighted by atomic mass is 10.5. The Kier molecular flexibility index (Phi) is 0.843. The van der Waals surface area contributed by atoms with Gasteiger partial charge in [0, 0.05) is 6.92 Å². The van der Waals surface area contributed by atoms with Gasteiger partial charge in [0.25, 0.3) is 0 Å². The van der Waals surface area contributed by atoms with Crippen LogP contribution in [0.3, 0.4) is 0 Å². The summed E-state index contributed by atoms with van der Waals surface area (Å²) in [5.41, 5.74) is 0. The second kappa shape index (κ2) is 1.64. The molecule has 0 heterocycles. The quantitative estimate of drug-likeness (QED) is 0.442. The number of carbonyl (C=O) groups is 1. The Hall–Kier alpha value is -0.660. The Morgan fingerprint density at radius 1 is 2.40 bits per heavy atom. The molecule has 0 amide bonds. The second-order valence-electron chi connectivity index (χ2n) is 0.740. The van der Waals surface area contributed by atoms with Gasteiger partial charge >= 0.3 is 0 Å². The molecule has 0 aliphatic rings. The van der Waals surface area contributed by atoms with Gasteiger partial charge in [0.2, 0.25) is 0 Å². The van der Waals surface area contributed by atoms with Crippen molar-refractivity contribution in [1.29, 1.82) is 5.40 Å². The summed E-state index contributed by atoms with van der Waals surface area (Å²) in [6, 6.07) is 0. The Labute approximate surface area is 31.8 Å². The van der Waals surface area contributed by atoms with Crippen LogP contribution in [0.25, 0.3) is 0 Å². The minimum absolute atomic E-state index is 0.190. The topological polar surface area (TPSA) is 40.9 Å². The maximum absolute atomic E-state index is 9.77. The molecular weight excluding hydrogens is 66.0 g/mol. The van der Waals surface area contributed by atoms with Crippen molar-refractivity contribution in [3.8, 4) is 0 Å². The van der Waals surface area contributed by atoms with Crippen molar-refractivity contribution in [3.63, 3.8) is 0 Å². The largest absolute Gasteiger partial charge is 0.305 e. The van der Waals surface area contributed by atoms with Crippen molar-refractivity contribution >= 4 is 12.0 Å². The summed E-state index contributed by atoms with van der Waals surface area (Å²) in [5, 5.41) is 2.71. The lowest BCUT2D eigenvalue weighted by Gasteiger charge is -1.61. The molecule has 5 heavy (non-hydrogen) atoms. The molecular formula is C3H5NO. The molecule has 0 aliphatic carbocycles. The zero-order chi connectivity index (χ0) is 4.99. The first-order valence-corrected chi connectivity index (χ1v) is 1.25. The number of hydrogen-bond donors (Lipinski definition) is 1. The highest BCUT2D eigenvalue weighted by molar-refractivity contribution is 6.24. The van der Waals surface area contributed by atoms with E-state index in [1.807, 2.05) is 0 Å². The monoisotopic (exact) mass is 72.0 g/mol. The third-order valence-corrected chi connectivity index (χ3v) is 0.182. The standard InChI is InChI=1S/C3H5NO/c1-3(5)2-4/h2,4H,1H3/i/hD. The first-order valence-electron chi connectivity index (χ1n) is 1.70. The molecule has 2 heteroatoms. The van der Waals surface area contributed by atoms with Crippen molar-refractivity contribution in [2.45, 2.75) is 6.92 Å². The summed E-state index contributed by atoms with van der Waals surface area (Å²) >= 11 is 0. The average molecular weight is 72.1 g/mol. The molecule has 0 rings (SSSR count). The van der Waals surface area contributed by atoms with Crippen LogP contribution in [0.4, 0.5) is 0 Å². The molecule has 0 aromatic carbocycles. The molecule has 0 aromatic rings. The van der Waals surface area contributed by atoms with E-state index in [9.17, 15) is 4.79 Å². The van der Waals surface area contributed by atoms with Gasteiger partial charge in [0.15, 0.2) is 7.20 Å². The summed E-state index contributed by atoms with van der Waals surface area (Å²) in [6.07, 6.45) is 0.944. The summed E-state index contributed by atoms with van der Waals surface area (Å²) in [6.45, 7) is 1.35. The highest BCUT2D eigenvalue weighted by atomic mass is 16.1. The van der Waals surface area contributed by atoms with Crippen molar-refractivity contribution in [3.05, 3.63) is 0 Å². The fourth-order valence-corrected chi connectivity index (χ4v) is 0. The third kappa shape index (κ3) is 3.34. The smallest absolute Gasteiger partial charge is 0.187 e. The highest BCUT2D eigenvalue weighted by Crippen LogP contribution is 1.49. The SMILES string of the molecule is [2H]N=CC(C)=O. The van der Waals surface area contributed by atoms with Gasteiger partial charge in [-0.1, -0.05) is 0 Å². The van der Waals surface area contributed by atoms with Crippen LogP contribution in [0.1, 0.15) is 6.92 Å². The van der Waals surface area contributed by atoms with Gasteiger partial charge in [0.05, 0.1) is 6.21 Å². The van der Waals surface area contributed by atoms with Crippen LogP contribution in [0.15, 0.2) is 0 Å². The fraction of sp³-hybridized carbons (Fsp3) is 0.333. The number of ketones is 1. The van der Waals surface area contributed by atoms with Gasteiger partial charge in [-0.3, -0.25) is 4.79 Å². The van der Waals surface area contributed by atoms with Crippen molar-refractivity contribution in [1.82, 2.24) is 0 Å². The predicted octanol–water partition coefficient (Wildman–Crippen LogP) is 0.225. The Morgan fingerprint density at radius 2 is 3.00 bits per heavy atom. The van der Waals surface area contributed by atoms with E-state index in [1.54, 1.807) is 0 Å². The van der Waals surface area contributed by atoms with E-state index < -0.39 is 0 Å². The van der Waals surface area contributed by atoms with E-state index in [0.717, 1.165) is 6.21 Å². The molecule has 28 valence electrons. The van der Waals surface area contributed by atoms with Crippen LogP contribution in [-0.4, -0.2) is 12.0 Å².